The molecule has 1 fully saturated rings. The normalized spacial score (nSPS) is 17.0. The number of halogens is 1. The van der Waals surface area contributed by atoms with Gasteiger partial charge in [0.05, 0.1) is 4.90 Å². The Balaban J connectivity index is 1.53. The van der Waals surface area contributed by atoms with Crippen LogP contribution in [0.1, 0.15) is 29.9 Å². The monoisotopic (exact) mass is 374 g/mol. The molecule has 1 saturated heterocycles. The maximum Gasteiger partial charge on any atom is 0.243 e. The highest BCUT2D eigenvalue weighted by molar-refractivity contribution is 7.89. The third-order valence-electron chi connectivity index (χ3n) is 5.01. The van der Waals surface area contributed by atoms with Crippen molar-refractivity contribution in [3.05, 3.63) is 59.8 Å². The predicted octanol–water partition coefficient (Wildman–Crippen LogP) is 2.75. The van der Waals surface area contributed by atoms with Crippen LogP contribution in [0.3, 0.4) is 0 Å². The van der Waals surface area contributed by atoms with Crippen LogP contribution in [0.5, 0.6) is 0 Å². The van der Waals surface area contributed by atoms with E-state index in [9.17, 15) is 12.8 Å². The van der Waals surface area contributed by atoms with Gasteiger partial charge in [0.25, 0.3) is 0 Å². The fourth-order valence-electron chi connectivity index (χ4n) is 3.56. The number of nitrogens with zero attached hydrogens (tertiary/aromatic N) is 4. The number of aryl methyl sites for hydroxylation is 1. The molecule has 4 rings (SSSR count). The van der Waals surface area contributed by atoms with Gasteiger partial charge in [0, 0.05) is 19.3 Å². The summed E-state index contributed by atoms with van der Waals surface area (Å²) in [5.41, 5.74) is 3.13. The highest BCUT2D eigenvalue weighted by atomic mass is 32.2. The van der Waals surface area contributed by atoms with Gasteiger partial charge in [-0.15, -0.1) is 0 Å². The van der Waals surface area contributed by atoms with Crippen LogP contribution in [-0.2, 0) is 10.0 Å². The maximum atomic E-state index is 13.1. The molecule has 1 aliphatic rings. The lowest BCUT2D eigenvalue weighted by molar-refractivity contribution is 0.318. The molecule has 3 aromatic rings. The molecule has 3 heterocycles. The Kier molecular flexibility index (Phi) is 4.24. The Morgan fingerprint density at radius 3 is 2.54 bits per heavy atom. The molecule has 0 atom stereocenters. The average Bonchev–Trinajstić information content (AvgIpc) is 3.08. The first-order chi connectivity index (χ1) is 12.4. The summed E-state index contributed by atoms with van der Waals surface area (Å²) in [5, 5.41) is 4.18. The summed E-state index contributed by atoms with van der Waals surface area (Å²) >= 11 is 0. The van der Waals surface area contributed by atoms with E-state index in [1.54, 1.807) is 4.52 Å². The maximum absolute atomic E-state index is 13.1. The van der Waals surface area contributed by atoms with Crippen molar-refractivity contribution in [3.8, 4) is 0 Å². The second kappa shape index (κ2) is 6.44. The molecule has 0 saturated carbocycles. The van der Waals surface area contributed by atoms with E-state index in [4.69, 9.17) is 0 Å². The van der Waals surface area contributed by atoms with Crippen LogP contribution in [0.25, 0.3) is 5.65 Å². The lowest BCUT2D eigenvalue weighted by Gasteiger charge is -2.32. The van der Waals surface area contributed by atoms with Gasteiger partial charge in [-0.1, -0.05) is 0 Å². The highest BCUT2D eigenvalue weighted by Crippen LogP contribution is 2.32. The minimum Gasteiger partial charge on any atom is -0.221 e. The standard InChI is InChI=1S/C18H19FN4O2S/c1-13-10-18-20-12-21-23(18)11-17(13)14-6-8-22(9-7-14)26(24,25)16-4-2-15(19)3-5-16/h2-5,10-12,14H,6-9H2,1H3. The summed E-state index contributed by atoms with van der Waals surface area (Å²) in [7, 11) is -3.58. The number of piperidine rings is 1. The number of sulfonamides is 1. The first kappa shape index (κ1) is 17.1. The fourth-order valence-corrected chi connectivity index (χ4v) is 5.03. The largest absolute Gasteiger partial charge is 0.243 e. The molecule has 1 aromatic carbocycles. The van der Waals surface area contributed by atoms with E-state index in [0.29, 0.717) is 13.1 Å². The first-order valence-electron chi connectivity index (χ1n) is 8.51. The zero-order chi connectivity index (χ0) is 18.3. The molecule has 0 spiro atoms. The van der Waals surface area contributed by atoms with Crippen molar-refractivity contribution < 1.29 is 12.8 Å². The Morgan fingerprint density at radius 1 is 1.15 bits per heavy atom. The SMILES string of the molecule is Cc1cc2ncnn2cc1C1CCN(S(=O)(=O)c2ccc(F)cc2)CC1. The van der Waals surface area contributed by atoms with Crippen molar-refractivity contribution in [2.24, 2.45) is 0 Å². The van der Waals surface area contributed by atoms with Gasteiger partial charge in [-0.3, -0.25) is 0 Å². The van der Waals surface area contributed by atoms with E-state index in [0.717, 1.165) is 24.1 Å². The lowest BCUT2D eigenvalue weighted by atomic mass is 9.89. The molecule has 0 aliphatic carbocycles. The van der Waals surface area contributed by atoms with Gasteiger partial charge in [0.2, 0.25) is 10.0 Å². The zero-order valence-corrected chi connectivity index (χ0v) is 15.2. The van der Waals surface area contributed by atoms with E-state index in [2.05, 4.69) is 10.1 Å². The van der Waals surface area contributed by atoms with Crippen molar-refractivity contribution in [2.45, 2.75) is 30.6 Å². The smallest absolute Gasteiger partial charge is 0.221 e. The van der Waals surface area contributed by atoms with Crippen LogP contribution < -0.4 is 0 Å². The van der Waals surface area contributed by atoms with Gasteiger partial charge in [-0.2, -0.15) is 9.40 Å². The Bertz CT molecular complexity index is 1040. The highest BCUT2D eigenvalue weighted by Gasteiger charge is 2.30. The van der Waals surface area contributed by atoms with Crippen molar-refractivity contribution >= 4 is 15.7 Å². The molecule has 136 valence electrons. The van der Waals surface area contributed by atoms with E-state index >= 15 is 0 Å². The molecule has 1 aliphatic heterocycles. The predicted molar refractivity (Wildman–Crippen MR) is 94.9 cm³/mol. The van der Waals surface area contributed by atoms with E-state index in [-0.39, 0.29) is 10.8 Å². The van der Waals surface area contributed by atoms with Gasteiger partial charge < -0.3 is 0 Å². The molecule has 0 amide bonds. The van der Waals surface area contributed by atoms with Crippen molar-refractivity contribution in [2.75, 3.05) is 13.1 Å². The summed E-state index contributed by atoms with van der Waals surface area (Å²) in [4.78, 5) is 4.32. The van der Waals surface area contributed by atoms with Crippen LogP contribution in [0.2, 0.25) is 0 Å². The van der Waals surface area contributed by atoms with Crippen LogP contribution in [0, 0.1) is 12.7 Å². The van der Waals surface area contributed by atoms with Gasteiger partial charge in [-0.25, -0.2) is 22.3 Å². The van der Waals surface area contributed by atoms with E-state index in [1.807, 2.05) is 19.2 Å². The fraction of sp³-hybridized carbons (Fsp3) is 0.333. The molecule has 0 bridgehead atoms. The molecule has 0 N–H and O–H groups in total. The molecule has 26 heavy (non-hydrogen) atoms. The minimum atomic E-state index is -3.58. The third kappa shape index (κ3) is 2.99. The molecule has 0 unspecified atom stereocenters. The molecular formula is C18H19FN4O2S. The quantitative estimate of drug-likeness (QED) is 0.707. The van der Waals surface area contributed by atoms with Gasteiger partial charge in [-0.05, 0) is 67.1 Å². The summed E-state index contributed by atoms with van der Waals surface area (Å²) in [6.07, 6.45) is 4.99. The van der Waals surface area contributed by atoms with Crippen molar-refractivity contribution in [1.29, 1.82) is 0 Å². The molecule has 0 radical (unpaired) electrons. The number of hydrogen-bond acceptors (Lipinski definition) is 4. The Hall–Kier alpha value is -2.32. The lowest BCUT2D eigenvalue weighted by Crippen LogP contribution is -2.38. The van der Waals surface area contributed by atoms with Crippen molar-refractivity contribution in [3.63, 3.8) is 0 Å². The number of pyridine rings is 1. The Labute approximate surface area is 151 Å². The average molecular weight is 374 g/mol. The van der Waals surface area contributed by atoms with Gasteiger partial charge in [0.1, 0.15) is 12.1 Å². The van der Waals surface area contributed by atoms with Crippen molar-refractivity contribution in [1.82, 2.24) is 18.9 Å². The van der Waals surface area contributed by atoms with Gasteiger partial charge in [0.15, 0.2) is 5.65 Å². The summed E-state index contributed by atoms with van der Waals surface area (Å²) in [6, 6.07) is 7.00. The molecular weight excluding hydrogens is 355 g/mol. The van der Waals surface area contributed by atoms with Crippen LogP contribution in [0.15, 0.2) is 47.8 Å². The summed E-state index contributed by atoms with van der Waals surface area (Å²) < 4.78 is 41.8. The number of fused-ring (bicyclic) bond motifs is 1. The zero-order valence-electron chi connectivity index (χ0n) is 14.3. The van der Waals surface area contributed by atoms with Crippen LogP contribution in [0.4, 0.5) is 4.39 Å². The molecule has 8 heteroatoms. The second-order valence-electron chi connectivity index (χ2n) is 6.61. The summed E-state index contributed by atoms with van der Waals surface area (Å²) in [5.74, 6) is -0.162. The topological polar surface area (TPSA) is 67.6 Å². The first-order valence-corrected chi connectivity index (χ1v) is 9.95. The third-order valence-corrected chi connectivity index (χ3v) is 6.92. The molecule has 6 nitrogen and oxygen atoms in total. The number of aromatic nitrogens is 3. The molecule has 2 aromatic heterocycles. The number of benzene rings is 1. The number of hydrogen-bond donors (Lipinski definition) is 0. The van der Waals surface area contributed by atoms with Crippen LogP contribution in [-0.4, -0.2) is 40.4 Å². The van der Waals surface area contributed by atoms with E-state index < -0.39 is 15.8 Å². The number of rotatable bonds is 3. The van der Waals surface area contributed by atoms with Gasteiger partial charge >= 0.3 is 0 Å². The Morgan fingerprint density at radius 2 is 1.85 bits per heavy atom. The van der Waals surface area contributed by atoms with E-state index in [1.165, 1.54) is 40.5 Å². The van der Waals surface area contributed by atoms with Crippen LogP contribution >= 0.6 is 0 Å². The minimum absolute atomic E-state index is 0.137. The second-order valence-corrected chi connectivity index (χ2v) is 8.54. The summed E-state index contributed by atoms with van der Waals surface area (Å²) in [6.45, 7) is 2.93.